The first-order valence-electron chi connectivity index (χ1n) is 9.41. The van der Waals surface area contributed by atoms with Crippen molar-refractivity contribution in [1.82, 2.24) is 0 Å². The van der Waals surface area contributed by atoms with Crippen LogP contribution in [0.5, 0.6) is 11.5 Å². The first-order chi connectivity index (χ1) is 13.0. The summed E-state index contributed by atoms with van der Waals surface area (Å²) in [6.07, 6.45) is 0.500. The van der Waals surface area contributed by atoms with Crippen molar-refractivity contribution in [3.63, 3.8) is 0 Å². The van der Waals surface area contributed by atoms with E-state index in [0.717, 1.165) is 23.3 Å². The minimum atomic E-state index is -0.494. The molecule has 1 amide bonds. The van der Waals surface area contributed by atoms with Crippen LogP contribution < -0.4 is 14.8 Å². The maximum Gasteiger partial charge on any atom is 0.411 e. The maximum atomic E-state index is 11.9. The Morgan fingerprint density at radius 2 is 1.74 bits per heavy atom. The van der Waals surface area contributed by atoms with Crippen molar-refractivity contribution in [1.29, 1.82) is 0 Å². The van der Waals surface area contributed by atoms with Crippen molar-refractivity contribution >= 4 is 11.8 Å². The lowest BCUT2D eigenvalue weighted by Crippen LogP contribution is -2.16. The molecular weight excluding hydrogens is 342 g/mol. The number of carbonyl (C=O) groups is 1. The van der Waals surface area contributed by atoms with E-state index in [-0.39, 0.29) is 6.61 Å². The number of carbonyl (C=O) groups excluding carboxylic acids is 1. The predicted octanol–water partition coefficient (Wildman–Crippen LogP) is 5.41. The van der Waals surface area contributed by atoms with Crippen molar-refractivity contribution in [2.45, 2.75) is 47.6 Å². The molecule has 0 unspecified atom stereocenters. The third kappa shape index (κ3) is 5.39. The van der Waals surface area contributed by atoms with Gasteiger partial charge >= 0.3 is 6.09 Å². The normalized spacial score (nSPS) is 10.4. The van der Waals surface area contributed by atoms with Gasteiger partial charge in [0.15, 0.2) is 0 Å². The second kappa shape index (κ2) is 9.86. The Balaban J connectivity index is 2.28. The molecule has 27 heavy (non-hydrogen) atoms. The quantitative estimate of drug-likeness (QED) is 0.674. The zero-order chi connectivity index (χ0) is 19.8. The lowest BCUT2D eigenvalue weighted by molar-refractivity contribution is 0.168. The van der Waals surface area contributed by atoms with Gasteiger partial charge in [0, 0.05) is 0 Å². The van der Waals surface area contributed by atoms with Crippen LogP contribution in [0.15, 0.2) is 30.3 Å². The van der Waals surface area contributed by atoms with E-state index in [2.05, 4.69) is 31.3 Å². The molecule has 146 valence electrons. The average molecular weight is 371 g/mol. The van der Waals surface area contributed by atoms with Crippen molar-refractivity contribution in [3.8, 4) is 11.5 Å². The SMILES string of the molecule is CCOC(=O)Nc1cccc(OCC)c1COc1cc(C)c(CC)cc1C. The highest BCUT2D eigenvalue weighted by Crippen LogP contribution is 2.30. The average Bonchev–Trinajstić information content (AvgIpc) is 2.63. The molecule has 0 atom stereocenters. The number of ether oxygens (including phenoxy) is 3. The number of rotatable bonds is 8. The van der Waals surface area contributed by atoms with E-state index in [1.807, 2.05) is 32.0 Å². The van der Waals surface area contributed by atoms with Gasteiger partial charge in [-0.25, -0.2) is 4.79 Å². The summed E-state index contributed by atoms with van der Waals surface area (Å²) in [6, 6.07) is 9.75. The fraction of sp³-hybridized carbons (Fsp3) is 0.409. The summed E-state index contributed by atoms with van der Waals surface area (Å²) < 4.78 is 16.8. The second-order valence-electron chi connectivity index (χ2n) is 6.25. The summed E-state index contributed by atoms with van der Waals surface area (Å²) in [5.74, 6) is 1.52. The number of aryl methyl sites for hydroxylation is 3. The smallest absolute Gasteiger partial charge is 0.411 e. The van der Waals surface area contributed by atoms with Crippen LogP contribution in [0.4, 0.5) is 10.5 Å². The molecule has 0 saturated heterocycles. The van der Waals surface area contributed by atoms with Gasteiger partial charge in [-0.05, 0) is 69.0 Å². The Labute approximate surface area is 161 Å². The summed E-state index contributed by atoms with van der Waals surface area (Å²) in [6.45, 7) is 11.1. The maximum absolute atomic E-state index is 11.9. The van der Waals surface area contributed by atoms with Crippen molar-refractivity contribution in [3.05, 3.63) is 52.6 Å². The van der Waals surface area contributed by atoms with Gasteiger partial charge in [-0.3, -0.25) is 5.32 Å². The van der Waals surface area contributed by atoms with Gasteiger partial charge in [-0.2, -0.15) is 0 Å². The first-order valence-corrected chi connectivity index (χ1v) is 9.41. The minimum absolute atomic E-state index is 0.281. The second-order valence-corrected chi connectivity index (χ2v) is 6.25. The Kier molecular flexibility index (Phi) is 7.53. The highest BCUT2D eigenvalue weighted by atomic mass is 16.5. The molecule has 0 radical (unpaired) electrons. The number of amides is 1. The molecule has 2 rings (SSSR count). The van der Waals surface area contributed by atoms with E-state index in [9.17, 15) is 4.79 Å². The van der Waals surface area contributed by atoms with Gasteiger partial charge in [-0.1, -0.05) is 19.1 Å². The van der Waals surface area contributed by atoms with Crippen molar-refractivity contribution in [2.24, 2.45) is 0 Å². The number of hydrogen-bond donors (Lipinski definition) is 1. The zero-order valence-corrected chi connectivity index (χ0v) is 16.8. The molecule has 0 fully saturated rings. The Morgan fingerprint density at radius 1 is 0.963 bits per heavy atom. The van der Waals surface area contributed by atoms with Crippen LogP contribution in [0.25, 0.3) is 0 Å². The Morgan fingerprint density at radius 3 is 2.41 bits per heavy atom. The third-order valence-corrected chi connectivity index (χ3v) is 4.33. The minimum Gasteiger partial charge on any atom is -0.493 e. The van der Waals surface area contributed by atoms with Crippen LogP contribution in [0.1, 0.15) is 43.0 Å². The van der Waals surface area contributed by atoms with E-state index in [1.165, 1.54) is 11.1 Å². The van der Waals surface area contributed by atoms with E-state index < -0.39 is 6.09 Å². The van der Waals surface area contributed by atoms with Crippen molar-refractivity contribution < 1.29 is 19.0 Å². The molecule has 1 N–H and O–H groups in total. The lowest BCUT2D eigenvalue weighted by atomic mass is 10.0. The molecule has 2 aromatic rings. The third-order valence-electron chi connectivity index (χ3n) is 4.33. The monoisotopic (exact) mass is 371 g/mol. The number of anilines is 1. The molecule has 2 aromatic carbocycles. The Hall–Kier alpha value is -2.69. The molecule has 0 aromatic heterocycles. The fourth-order valence-corrected chi connectivity index (χ4v) is 2.94. The van der Waals surface area contributed by atoms with Gasteiger partial charge in [0.25, 0.3) is 0 Å². The van der Waals surface area contributed by atoms with E-state index in [0.29, 0.717) is 24.7 Å². The highest BCUT2D eigenvalue weighted by molar-refractivity contribution is 5.86. The van der Waals surface area contributed by atoms with Crippen LogP contribution in [-0.2, 0) is 17.8 Å². The number of benzene rings is 2. The van der Waals surface area contributed by atoms with E-state index in [4.69, 9.17) is 14.2 Å². The highest BCUT2D eigenvalue weighted by Gasteiger charge is 2.14. The Bertz CT molecular complexity index is 786. The zero-order valence-electron chi connectivity index (χ0n) is 16.8. The van der Waals surface area contributed by atoms with Gasteiger partial charge < -0.3 is 14.2 Å². The van der Waals surface area contributed by atoms with Crippen LogP contribution in [0.3, 0.4) is 0 Å². The summed E-state index contributed by atoms with van der Waals surface area (Å²) in [7, 11) is 0. The summed E-state index contributed by atoms with van der Waals surface area (Å²) in [5, 5.41) is 2.77. The van der Waals surface area contributed by atoms with Crippen LogP contribution in [-0.4, -0.2) is 19.3 Å². The fourth-order valence-electron chi connectivity index (χ4n) is 2.94. The van der Waals surface area contributed by atoms with Gasteiger partial charge in [0.1, 0.15) is 18.1 Å². The van der Waals surface area contributed by atoms with Gasteiger partial charge in [-0.15, -0.1) is 0 Å². The predicted molar refractivity (Wildman–Crippen MR) is 108 cm³/mol. The molecule has 0 aliphatic carbocycles. The molecule has 0 heterocycles. The van der Waals surface area contributed by atoms with E-state index >= 15 is 0 Å². The molecule has 0 saturated carbocycles. The molecule has 0 aliphatic heterocycles. The topological polar surface area (TPSA) is 56.8 Å². The summed E-state index contributed by atoms with van der Waals surface area (Å²) >= 11 is 0. The summed E-state index contributed by atoms with van der Waals surface area (Å²) in [5.41, 5.74) is 5.02. The van der Waals surface area contributed by atoms with Crippen molar-refractivity contribution in [2.75, 3.05) is 18.5 Å². The molecule has 0 bridgehead atoms. The van der Waals surface area contributed by atoms with Gasteiger partial charge in [0.2, 0.25) is 0 Å². The van der Waals surface area contributed by atoms with Gasteiger partial charge in [0.05, 0.1) is 24.5 Å². The summed E-state index contributed by atoms with van der Waals surface area (Å²) in [4.78, 5) is 11.9. The lowest BCUT2D eigenvalue weighted by Gasteiger charge is -2.18. The molecule has 0 spiro atoms. The van der Waals surface area contributed by atoms with Crippen LogP contribution >= 0.6 is 0 Å². The molecule has 0 aliphatic rings. The molecular formula is C22H29NO4. The van der Waals surface area contributed by atoms with Crippen LogP contribution in [0.2, 0.25) is 0 Å². The largest absolute Gasteiger partial charge is 0.493 e. The molecule has 5 nitrogen and oxygen atoms in total. The first kappa shape index (κ1) is 20.6. The van der Waals surface area contributed by atoms with Crippen LogP contribution in [0, 0.1) is 13.8 Å². The standard InChI is InChI=1S/C22H29NO4/c1-6-17-12-16(5)21(13-15(17)4)27-14-18-19(23-22(24)26-8-3)10-9-11-20(18)25-7-2/h9-13H,6-8,14H2,1-5H3,(H,23,24). The number of nitrogens with one attached hydrogen (secondary N) is 1. The van der Waals surface area contributed by atoms with E-state index in [1.54, 1.807) is 6.92 Å². The molecule has 5 heteroatoms. The number of hydrogen-bond acceptors (Lipinski definition) is 4.